The molecule has 0 fully saturated rings. The first kappa shape index (κ1) is 18.9. The lowest BCUT2D eigenvalue weighted by Crippen LogP contribution is -2.27. The summed E-state index contributed by atoms with van der Waals surface area (Å²) in [6, 6.07) is 7.61. The lowest BCUT2D eigenvalue weighted by Gasteiger charge is -2.13. The number of carbonyl (C=O) groups is 2. The van der Waals surface area contributed by atoms with Crippen molar-refractivity contribution in [2.45, 2.75) is 26.3 Å². The quantitative estimate of drug-likeness (QED) is 0.730. The van der Waals surface area contributed by atoms with Crippen molar-refractivity contribution < 1.29 is 23.5 Å². The van der Waals surface area contributed by atoms with Crippen molar-refractivity contribution in [1.29, 1.82) is 0 Å². The number of fused-ring (bicyclic) bond motifs is 1. The van der Waals surface area contributed by atoms with Gasteiger partial charge in [-0.05, 0) is 31.5 Å². The predicted octanol–water partition coefficient (Wildman–Crippen LogP) is 4.07. The van der Waals surface area contributed by atoms with Crippen LogP contribution < -0.4 is 4.80 Å². The Balaban J connectivity index is 2.26. The van der Waals surface area contributed by atoms with Crippen molar-refractivity contribution in [3.63, 3.8) is 0 Å². The van der Waals surface area contributed by atoms with E-state index in [9.17, 15) is 23.5 Å². The van der Waals surface area contributed by atoms with Gasteiger partial charge in [0.25, 0.3) is 5.91 Å². The maximum atomic E-state index is 13.7. The monoisotopic (exact) mass is 390 g/mol. The number of hydrogen-bond donors (Lipinski definition) is 1. The number of carbonyl (C=O) groups excluding carboxylic acids is 1. The topological polar surface area (TPSA) is 71.7 Å². The smallest absolute Gasteiger partial charge is 0.326 e. The lowest BCUT2D eigenvalue weighted by atomic mass is 10.1. The summed E-state index contributed by atoms with van der Waals surface area (Å²) in [7, 11) is 0. The number of rotatable bonds is 4. The highest BCUT2D eigenvalue weighted by atomic mass is 32.1. The molecule has 3 aromatic rings. The van der Waals surface area contributed by atoms with E-state index in [1.54, 1.807) is 31.2 Å². The summed E-state index contributed by atoms with van der Waals surface area (Å²) in [4.78, 5) is 28.3. The van der Waals surface area contributed by atoms with Crippen LogP contribution in [-0.2, 0) is 4.79 Å². The number of aliphatic carboxylic acids is 1. The molecule has 8 heteroatoms. The summed E-state index contributed by atoms with van der Waals surface area (Å²) < 4.78 is 28.9. The Kier molecular flexibility index (Phi) is 5.18. The average molecular weight is 390 g/mol. The van der Waals surface area contributed by atoms with E-state index in [4.69, 9.17) is 0 Å². The molecule has 0 aliphatic carbocycles. The Morgan fingerprint density at radius 2 is 1.81 bits per heavy atom. The summed E-state index contributed by atoms with van der Waals surface area (Å²) in [5.74, 6) is -3.84. The van der Waals surface area contributed by atoms with Crippen LogP contribution in [0.1, 0.15) is 35.3 Å². The molecular formula is C19H16F2N2O3S. The van der Waals surface area contributed by atoms with Gasteiger partial charge in [-0.25, -0.2) is 13.6 Å². The van der Waals surface area contributed by atoms with Crippen molar-refractivity contribution in [1.82, 2.24) is 4.57 Å². The third-order valence-electron chi connectivity index (χ3n) is 4.15. The lowest BCUT2D eigenvalue weighted by molar-refractivity contribution is -0.140. The van der Waals surface area contributed by atoms with E-state index >= 15 is 0 Å². The second-order valence-electron chi connectivity index (χ2n) is 6.03. The third-order valence-corrected chi connectivity index (χ3v) is 5.17. The molecule has 140 valence electrons. The van der Waals surface area contributed by atoms with Crippen LogP contribution in [0.3, 0.4) is 0 Å². The van der Waals surface area contributed by atoms with Gasteiger partial charge in [0.1, 0.15) is 6.04 Å². The van der Waals surface area contributed by atoms with Crippen molar-refractivity contribution in [2.75, 3.05) is 0 Å². The van der Waals surface area contributed by atoms with Gasteiger partial charge in [0.2, 0.25) is 0 Å². The number of benzene rings is 2. The van der Waals surface area contributed by atoms with E-state index in [1.807, 2.05) is 6.92 Å². The zero-order chi connectivity index (χ0) is 19.7. The van der Waals surface area contributed by atoms with Crippen LogP contribution in [0.15, 0.2) is 41.4 Å². The van der Waals surface area contributed by atoms with Crippen molar-refractivity contribution in [2.24, 2.45) is 4.99 Å². The van der Waals surface area contributed by atoms with Crippen LogP contribution in [0.5, 0.6) is 0 Å². The molecule has 0 bridgehead atoms. The van der Waals surface area contributed by atoms with Crippen molar-refractivity contribution in [3.05, 3.63) is 64.0 Å². The SMILES string of the molecule is CCC(C(=O)O)n1/c(=N/C(=O)c2ccc(C)cc2)sc2cc(F)c(F)cc21. The van der Waals surface area contributed by atoms with Crippen LogP contribution in [0.4, 0.5) is 8.78 Å². The van der Waals surface area contributed by atoms with Crippen molar-refractivity contribution >= 4 is 33.4 Å². The fourth-order valence-corrected chi connectivity index (χ4v) is 3.81. The third kappa shape index (κ3) is 3.66. The van der Waals surface area contributed by atoms with E-state index in [2.05, 4.69) is 4.99 Å². The molecule has 1 N–H and O–H groups in total. The minimum Gasteiger partial charge on any atom is -0.480 e. The molecule has 1 atom stereocenters. The molecule has 0 aliphatic rings. The standard InChI is InChI=1S/C19H16F2N2O3S/c1-3-14(18(25)26)23-15-8-12(20)13(21)9-16(15)27-19(23)22-17(24)11-6-4-10(2)5-7-11/h4-9,14H,3H2,1-2H3,(H,25,26)/b22-19-. The van der Waals surface area contributed by atoms with Crippen LogP contribution in [-0.4, -0.2) is 21.6 Å². The Morgan fingerprint density at radius 3 is 2.41 bits per heavy atom. The summed E-state index contributed by atoms with van der Waals surface area (Å²) in [6.45, 7) is 3.54. The number of carboxylic acid groups (broad SMARTS) is 1. The van der Waals surface area contributed by atoms with Gasteiger partial charge in [-0.1, -0.05) is 36.0 Å². The number of nitrogens with zero attached hydrogens (tertiary/aromatic N) is 2. The molecule has 2 aromatic carbocycles. The summed E-state index contributed by atoms with van der Waals surface area (Å²) in [5.41, 5.74) is 1.50. The maximum absolute atomic E-state index is 13.7. The Labute approximate surface area is 157 Å². The molecule has 27 heavy (non-hydrogen) atoms. The molecular weight excluding hydrogens is 374 g/mol. The summed E-state index contributed by atoms with van der Waals surface area (Å²) in [5, 5.41) is 9.52. The van der Waals surface area contributed by atoms with Gasteiger partial charge in [0, 0.05) is 11.6 Å². The number of amides is 1. The molecule has 0 aliphatic heterocycles. The Hall–Kier alpha value is -2.87. The van der Waals surface area contributed by atoms with Gasteiger partial charge in [0.15, 0.2) is 16.4 Å². The Morgan fingerprint density at radius 1 is 1.19 bits per heavy atom. The van der Waals surface area contributed by atoms with Crippen LogP contribution >= 0.6 is 11.3 Å². The normalized spacial score (nSPS) is 13.1. The molecule has 1 unspecified atom stereocenters. The van der Waals surface area contributed by atoms with Crippen molar-refractivity contribution in [3.8, 4) is 0 Å². The van der Waals surface area contributed by atoms with Gasteiger partial charge in [0.05, 0.1) is 10.2 Å². The fourth-order valence-electron chi connectivity index (χ4n) is 2.73. The highest BCUT2D eigenvalue weighted by Crippen LogP contribution is 2.25. The maximum Gasteiger partial charge on any atom is 0.326 e. The number of thiazole rings is 1. The van der Waals surface area contributed by atoms with Crippen LogP contribution in [0, 0.1) is 18.6 Å². The van der Waals surface area contributed by atoms with Crippen LogP contribution in [0.25, 0.3) is 10.2 Å². The van der Waals surface area contributed by atoms with E-state index in [0.29, 0.717) is 10.3 Å². The number of hydrogen-bond acceptors (Lipinski definition) is 3. The molecule has 0 radical (unpaired) electrons. The molecule has 0 saturated carbocycles. The number of carboxylic acids is 1. The highest BCUT2D eigenvalue weighted by Gasteiger charge is 2.23. The fraction of sp³-hybridized carbons (Fsp3) is 0.211. The highest BCUT2D eigenvalue weighted by molar-refractivity contribution is 7.16. The molecule has 3 rings (SSSR count). The van der Waals surface area contributed by atoms with Gasteiger partial charge in [-0.2, -0.15) is 4.99 Å². The summed E-state index contributed by atoms with van der Waals surface area (Å²) in [6.07, 6.45) is 0.187. The largest absolute Gasteiger partial charge is 0.480 e. The van der Waals surface area contributed by atoms with E-state index in [0.717, 1.165) is 29.0 Å². The van der Waals surface area contributed by atoms with Gasteiger partial charge in [-0.15, -0.1) is 0 Å². The zero-order valence-electron chi connectivity index (χ0n) is 14.6. The molecule has 5 nitrogen and oxygen atoms in total. The first-order valence-corrected chi connectivity index (χ1v) is 9.02. The van der Waals surface area contributed by atoms with Gasteiger partial charge in [-0.3, -0.25) is 4.79 Å². The number of aromatic nitrogens is 1. The first-order valence-electron chi connectivity index (χ1n) is 8.20. The molecule has 0 saturated heterocycles. The number of halogens is 2. The summed E-state index contributed by atoms with van der Waals surface area (Å²) >= 11 is 0.939. The molecule has 1 amide bonds. The van der Waals surface area contributed by atoms with Crippen LogP contribution in [0.2, 0.25) is 0 Å². The molecule has 0 spiro atoms. The second-order valence-corrected chi connectivity index (χ2v) is 7.04. The molecule has 1 heterocycles. The van der Waals surface area contributed by atoms with Gasteiger partial charge >= 0.3 is 5.97 Å². The zero-order valence-corrected chi connectivity index (χ0v) is 15.4. The van der Waals surface area contributed by atoms with E-state index < -0.39 is 29.6 Å². The average Bonchev–Trinajstić information content (AvgIpc) is 2.93. The second kappa shape index (κ2) is 7.40. The molecule has 1 aromatic heterocycles. The Bertz CT molecular complexity index is 1100. The first-order chi connectivity index (χ1) is 12.8. The minimum absolute atomic E-state index is 0.0785. The predicted molar refractivity (Wildman–Crippen MR) is 97.8 cm³/mol. The van der Waals surface area contributed by atoms with E-state index in [1.165, 1.54) is 4.57 Å². The minimum atomic E-state index is -1.15. The number of aryl methyl sites for hydroxylation is 1. The van der Waals surface area contributed by atoms with E-state index in [-0.39, 0.29) is 16.7 Å². The van der Waals surface area contributed by atoms with Gasteiger partial charge < -0.3 is 9.67 Å².